The summed E-state index contributed by atoms with van der Waals surface area (Å²) in [6.45, 7) is 3.56. The minimum absolute atomic E-state index is 0.115. The van der Waals surface area contributed by atoms with Crippen LogP contribution in [0.1, 0.15) is 35.8 Å². The zero-order valence-corrected chi connectivity index (χ0v) is 23.2. The summed E-state index contributed by atoms with van der Waals surface area (Å²) in [5, 5.41) is 28.7. The van der Waals surface area contributed by atoms with Gasteiger partial charge in [0.1, 0.15) is 18.5 Å². The fourth-order valence-electron chi connectivity index (χ4n) is 5.72. The summed E-state index contributed by atoms with van der Waals surface area (Å²) >= 11 is 0. The molecule has 11 heteroatoms. The summed E-state index contributed by atoms with van der Waals surface area (Å²) in [5.41, 5.74) is 5.93. The van der Waals surface area contributed by atoms with Crippen LogP contribution in [0.25, 0.3) is 22.1 Å². The molecule has 42 heavy (non-hydrogen) atoms. The highest BCUT2D eigenvalue weighted by molar-refractivity contribution is 5.85. The van der Waals surface area contributed by atoms with Gasteiger partial charge in [0.05, 0.1) is 6.33 Å². The van der Waals surface area contributed by atoms with Crippen LogP contribution in [0.2, 0.25) is 0 Å². The molecule has 0 spiro atoms. The van der Waals surface area contributed by atoms with E-state index in [-0.39, 0.29) is 6.04 Å². The Labute approximate surface area is 242 Å². The van der Waals surface area contributed by atoms with Gasteiger partial charge in [-0.25, -0.2) is 15.0 Å². The average Bonchev–Trinajstić information content (AvgIpc) is 3.48. The Morgan fingerprint density at radius 1 is 1.02 bits per heavy atom. The van der Waals surface area contributed by atoms with Gasteiger partial charge < -0.3 is 30.2 Å². The van der Waals surface area contributed by atoms with Crippen molar-refractivity contribution in [1.29, 1.82) is 0 Å². The standard InChI is InChI=1S/C31H33N7O4/c1-18-6-2-3-7-19(18)14-37-15-20(22-8-4-5-9-23(22)37)12-13-32-28-24-29(34-16-33-28)38(17-35-24)31-26(40)25(39)27(42-31)30(41)36-21-10-11-21/h2-9,15-17,21,25-27,31,39-40H,10-14H2,1H3,(H,36,41)(H,32,33,34)/t25-,26+,27-,31?/m0/s1. The summed E-state index contributed by atoms with van der Waals surface area (Å²) in [6.07, 6.45) is 2.86. The van der Waals surface area contributed by atoms with Crippen molar-refractivity contribution in [2.24, 2.45) is 0 Å². The van der Waals surface area contributed by atoms with Crippen LogP contribution in [-0.4, -0.2) is 71.1 Å². The molecule has 1 saturated carbocycles. The van der Waals surface area contributed by atoms with E-state index in [1.165, 1.54) is 40.2 Å². The number of para-hydroxylation sites is 1. The number of anilines is 1. The lowest BCUT2D eigenvalue weighted by Gasteiger charge is -2.16. The topological polar surface area (TPSA) is 139 Å². The first-order chi connectivity index (χ1) is 20.5. The maximum atomic E-state index is 12.5. The first-order valence-electron chi connectivity index (χ1n) is 14.3. The number of amides is 1. The molecule has 4 heterocycles. The molecule has 11 nitrogen and oxygen atoms in total. The van der Waals surface area contributed by atoms with Crippen LogP contribution in [-0.2, 0) is 22.5 Å². The van der Waals surface area contributed by atoms with Gasteiger partial charge >= 0.3 is 0 Å². The SMILES string of the molecule is Cc1ccccc1Cn1cc(CCNc2ncnc3c2ncn3C2O[C@H](C(=O)NC3CC3)[C@@H](O)[C@H]2O)c2ccccc21. The Morgan fingerprint density at radius 2 is 1.83 bits per heavy atom. The molecule has 2 aromatic carbocycles. The van der Waals surface area contributed by atoms with Crippen molar-refractivity contribution in [2.45, 2.75) is 63.3 Å². The minimum Gasteiger partial charge on any atom is -0.387 e. The number of carbonyl (C=O) groups is 1. The number of imidazole rings is 1. The van der Waals surface area contributed by atoms with E-state index in [9.17, 15) is 15.0 Å². The predicted octanol–water partition coefficient (Wildman–Crippen LogP) is 2.69. The maximum absolute atomic E-state index is 12.5. The zero-order valence-electron chi connectivity index (χ0n) is 23.2. The number of hydrogen-bond donors (Lipinski definition) is 4. The van der Waals surface area contributed by atoms with Crippen LogP contribution >= 0.6 is 0 Å². The van der Waals surface area contributed by atoms with Gasteiger partial charge in [0.25, 0.3) is 5.91 Å². The number of aliphatic hydroxyl groups is 2. The molecule has 5 aromatic rings. The number of rotatable bonds is 9. The van der Waals surface area contributed by atoms with E-state index >= 15 is 0 Å². The van der Waals surface area contributed by atoms with Crippen molar-refractivity contribution in [1.82, 2.24) is 29.4 Å². The molecule has 4 N–H and O–H groups in total. The molecule has 216 valence electrons. The van der Waals surface area contributed by atoms with Crippen molar-refractivity contribution in [3.8, 4) is 0 Å². The molecule has 7 rings (SSSR count). The van der Waals surface area contributed by atoms with Crippen molar-refractivity contribution in [3.63, 3.8) is 0 Å². The quantitative estimate of drug-likeness (QED) is 0.213. The molecule has 1 aliphatic carbocycles. The first-order valence-corrected chi connectivity index (χ1v) is 14.3. The number of aliphatic hydroxyl groups excluding tert-OH is 2. The Balaban J connectivity index is 1.07. The number of nitrogens with one attached hydrogen (secondary N) is 2. The van der Waals surface area contributed by atoms with Crippen molar-refractivity contribution < 1.29 is 19.7 Å². The monoisotopic (exact) mass is 567 g/mol. The van der Waals surface area contributed by atoms with E-state index in [2.05, 4.69) is 91.8 Å². The highest BCUT2D eigenvalue weighted by atomic mass is 16.6. The zero-order chi connectivity index (χ0) is 28.8. The fourth-order valence-corrected chi connectivity index (χ4v) is 5.72. The predicted molar refractivity (Wildman–Crippen MR) is 157 cm³/mol. The molecular formula is C31H33N7O4. The van der Waals surface area contributed by atoms with E-state index in [0.717, 1.165) is 25.8 Å². The van der Waals surface area contributed by atoms with Gasteiger partial charge in [-0.05, 0) is 48.9 Å². The average molecular weight is 568 g/mol. The number of hydrogen-bond acceptors (Lipinski definition) is 8. The van der Waals surface area contributed by atoms with Crippen LogP contribution in [0.4, 0.5) is 5.82 Å². The van der Waals surface area contributed by atoms with Crippen molar-refractivity contribution >= 4 is 33.8 Å². The van der Waals surface area contributed by atoms with Gasteiger partial charge in [-0.3, -0.25) is 9.36 Å². The van der Waals surface area contributed by atoms with E-state index in [1.54, 1.807) is 4.57 Å². The summed E-state index contributed by atoms with van der Waals surface area (Å²) in [6, 6.07) is 17.0. The molecule has 1 saturated heterocycles. The summed E-state index contributed by atoms with van der Waals surface area (Å²) in [7, 11) is 0. The molecule has 2 fully saturated rings. The van der Waals surface area contributed by atoms with Gasteiger partial charge in [0.15, 0.2) is 29.3 Å². The number of aromatic nitrogens is 5. The second-order valence-corrected chi connectivity index (χ2v) is 11.2. The maximum Gasteiger partial charge on any atom is 0.252 e. The largest absolute Gasteiger partial charge is 0.387 e. The third-order valence-corrected chi connectivity index (χ3v) is 8.21. The Hall–Kier alpha value is -4.32. The number of aryl methyl sites for hydroxylation is 1. The van der Waals surface area contributed by atoms with E-state index in [1.807, 2.05) is 0 Å². The van der Waals surface area contributed by atoms with Gasteiger partial charge in [0, 0.05) is 36.2 Å². The number of carbonyl (C=O) groups excluding carboxylic acids is 1. The van der Waals surface area contributed by atoms with Gasteiger partial charge in [-0.2, -0.15) is 0 Å². The molecule has 1 amide bonds. The number of benzene rings is 2. The number of nitrogens with zero attached hydrogens (tertiary/aromatic N) is 5. The highest BCUT2D eigenvalue weighted by Crippen LogP contribution is 2.33. The fraction of sp³-hybridized carbons (Fsp3) is 0.355. The van der Waals surface area contributed by atoms with Crippen molar-refractivity contribution in [2.75, 3.05) is 11.9 Å². The lowest BCUT2D eigenvalue weighted by Crippen LogP contribution is -2.43. The summed E-state index contributed by atoms with van der Waals surface area (Å²) in [4.78, 5) is 25.8. The van der Waals surface area contributed by atoms with Gasteiger partial charge in [-0.1, -0.05) is 42.5 Å². The molecule has 0 bridgehead atoms. The van der Waals surface area contributed by atoms with Crippen LogP contribution in [0.15, 0.2) is 67.4 Å². The third kappa shape index (κ3) is 4.89. The normalized spacial score (nSPS) is 22.2. The molecule has 2 aliphatic rings. The molecule has 1 unspecified atom stereocenters. The lowest BCUT2D eigenvalue weighted by atomic mass is 10.1. The summed E-state index contributed by atoms with van der Waals surface area (Å²) < 4.78 is 9.67. The lowest BCUT2D eigenvalue weighted by molar-refractivity contribution is -0.137. The Kier molecular flexibility index (Phi) is 6.85. The summed E-state index contributed by atoms with van der Waals surface area (Å²) in [5.74, 6) is 0.131. The molecule has 1 aliphatic heterocycles. The minimum atomic E-state index is -1.36. The second kappa shape index (κ2) is 10.8. The Morgan fingerprint density at radius 3 is 2.67 bits per heavy atom. The van der Waals surface area contributed by atoms with E-state index in [4.69, 9.17) is 4.74 Å². The van der Waals surface area contributed by atoms with Gasteiger partial charge in [0.2, 0.25) is 0 Å². The first kappa shape index (κ1) is 26.6. The smallest absolute Gasteiger partial charge is 0.252 e. The van der Waals surface area contributed by atoms with Crippen LogP contribution in [0.5, 0.6) is 0 Å². The highest BCUT2D eigenvalue weighted by Gasteiger charge is 2.48. The Bertz CT molecular complexity index is 1760. The van der Waals surface area contributed by atoms with Crippen LogP contribution in [0.3, 0.4) is 0 Å². The van der Waals surface area contributed by atoms with Crippen LogP contribution in [0, 0.1) is 6.92 Å². The van der Waals surface area contributed by atoms with Crippen LogP contribution < -0.4 is 10.6 Å². The van der Waals surface area contributed by atoms with E-state index in [0.29, 0.717) is 23.5 Å². The third-order valence-electron chi connectivity index (χ3n) is 8.21. The molecule has 0 radical (unpaired) electrons. The number of fused-ring (bicyclic) bond motifs is 2. The molecule has 3 aromatic heterocycles. The van der Waals surface area contributed by atoms with E-state index < -0.39 is 30.4 Å². The van der Waals surface area contributed by atoms with Gasteiger partial charge in [-0.15, -0.1) is 0 Å². The molecule has 4 atom stereocenters. The van der Waals surface area contributed by atoms with Crippen molar-refractivity contribution in [3.05, 3.63) is 84.1 Å². The number of ether oxygens (including phenoxy) is 1. The molecular weight excluding hydrogens is 534 g/mol. The second-order valence-electron chi connectivity index (χ2n) is 11.2.